The van der Waals surface area contributed by atoms with Crippen molar-refractivity contribution in [2.45, 2.75) is 19.0 Å². The first-order valence-electron chi connectivity index (χ1n) is 9.37. The number of hydrogen-bond acceptors (Lipinski definition) is 5. The van der Waals surface area contributed by atoms with Crippen molar-refractivity contribution in [1.82, 2.24) is 20.4 Å². The van der Waals surface area contributed by atoms with Crippen LogP contribution in [0.3, 0.4) is 0 Å². The third kappa shape index (κ3) is 3.24. The largest absolute Gasteiger partial charge is 0.497 e. The van der Waals surface area contributed by atoms with Gasteiger partial charge in [-0.25, -0.2) is 0 Å². The molecule has 1 aromatic heterocycles. The lowest BCUT2D eigenvalue weighted by atomic mass is 10.1. The van der Waals surface area contributed by atoms with E-state index in [2.05, 4.69) is 15.7 Å². The van der Waals surface area contributed by atoms with Gasteiger partial charge in [-0.15, -0.1) is 0 Å². The molecule has 1 saturated heterocycles. The number of carbonyl (C=O) groups is 2. The van der Waals surface area contributed by atoms with Crippen LogP contribution in [-0.2, 0) is 4.74 Å². The van der Waals surface area contributed by atoms with Crippen LogP contribution in [0.25, 0.3) is 0 Å². The smallest absolute Gasteiger partial charge is 0.271 e. The molecule has 1 aliphatic heterocycles. The van der Waals surface area contributed by atoms with Gasteiger partial charge in [0.1, 0.15) is 11.4 Å². The Balaban J connectivity index is 1.63. The van der Waals surface area contributed by atoms with Crippen LogP contribution in [0.5, 0.6) is 5.75 Å². The highest BCUT2D eigenvalue weighted by Gasteiger charge is 2.55. The number of carbonyl (C=O) groups excluding carboxylic acids is 2. The molecule has 2 N–H and O–H groups in total. The fraction of sp³-hybridized carbons (Fsp3) is 0.450. The van der Waals surface area contributed by atoms with Gasteiger partial charge < -0.3 is 20.1 Å². The van der Waals surface area contributed by atoms with E-state index < -0.39 is 0 Å². The van der Waals surface area contributed by atoms with Crippen LogP contribution in [0.4, 0.5) is 0 Å². The number of amides is 2. The van der Waals surface area contributed by atoms with Gasteiger partial charge in [0, 0.05) is 31.0 Å². The minimum absolute atomic E-state index is 0.139. The zero-order valence-electron chi connectivity index (χ0n) is 16.1. The Kier molecular flexibility index (Phi) is 4.80. The standard InChI is InChI=1S/C20H24N4O4/c1-11(12-5-4-6-13(7-12)27-3)24-17(8-16(23-24)19(25)21-2)20(26)22-18-14-9-28-10-15(14)18/h4-8,11,14-15,18H,9-10H2,1-3H3,(H,21,25)(H,22,26)/t11-,14-,15+,18?/m0/s1. The van der Waals surface area contributed by atoms with E-state index in [4.69, 9.17) is 9.47 Å². The molecule has 0 spiro atoms. The van der Waals surface area contributed by atoms with E-state index in [1.54, 1.807) is 17.9 Å². The van der Waals surface area contributed by atoms with Crippen molar-refractivity contribution in [1.29, 1.82) is 0 Å². The van der Waals surface area contributed by atoms with Gasteiger partial charge in [0.2, 0.25) is 0 Å². The topological polar surface area (TPSA) is 94.5 Å². The minimum atomic E-state index is -0.331. The van der Waals surface area contributed by atoms with E-state index in [0.717, 1.165) is 11.3 Å². The second-order valence-corrected chi connectivity index (χ2v) is 7.26. The highest BCUT2D eigenvalue weighted by atomic mass is 16.5. The molecule has 2 fully saturated rings. The Morgan fingerprint density at radius 1 is 1.25 bits per heavy atom. The van der Waals surface area contributed by atoms with Crippen LogP contribution in [-0.4, -0.2) is 55.0 Å². The molecule has 1 aromatic carbocycles. The number of nitrogens with one attached hydrogen (secondary N) is 2. The van der Waals surface area contributed by atoms with Crippen LogP contribution >= 0.6 is 0 Å². The van der Waals surface area contributed by atoms with Crippen molar-refractivity contribution in [2.75, 3.05) is 27.4 Å². The average Bonchev–Trinajstić information content (AvgIpc) is 3.13. The molecule has 28 heavy (non-hydrogen) atoms. The molecule has 1 saturated carbocycles. The van der Waals surface area contributed by atoms with E-state index in [9.17, 15) is 9.59 Å². The molecule has 1 aliphatic carbocycles. The molecule has 2 aliphatic rings. The number of aromatic nitrogens is 2. The minimum Gasteiger partial charge on any atom is -0.497 e. The fourth-order valence-electron chi connectivity index (χ4n) is 3.82. The maximum Gasteiger partial charge on any atom is 0.271 e. The third-order valence-corrected chi connectivity index (χ3v) is 5.62. The Morgan fingerprint density at radius 2 is 2.00 bits per heavy atom. The molecule has 0 bridgehead atoms. The zero-order valence-corrected chi connectivity index (χ0v) is 16.1. The van der Waals surface area contributed by atoms with Crippen molar-refractivity contribution in [3.63, 3.8) is 0 Å². The van der Waals surface area contributed by atoms with Crippen LogP contribution in [0, 0.1) is 11.8 Å². The Morgan fingerprint density at radius 3 is 2.68 bits per heavy atom. The van der Waals surface area contributed by atoms with Crippen molar-refractivity contribution in [2.24, 2.45) is 11.8 Å². The average molecular weight is 384 g/mol. The Labute approximate surface area is 163 Å². The molecule has 2 amide bonds. The van der Waals surface area contributed by atoms with E-state index in [0.29, 0.717) is 30.7 Å². The van der Waals surface area contributed by atoms with Gasteiger partial charge >= 0.3 is 0 Å². The first-order valence-corrected chi connectivity index (χ1v) is 9.37. The lowest BCUT2D eigenvalue weighted by molar-refractivity contribution is 0.0915. The van der Waals surface area contributed by atoms with Crippen molar-refractivity contribution in [3.05, 3.63) is 47.3 Å². The van der Waals surface area contributed by atoms with Crippen LogP contribution in [0.2, 0.25) is 0 Å². The summed E-state index contributed by atoms with van der Waals surface area (Å²) in [6.07, 6.45) is 0. The van der Waals surface area contributed by atoms with E-state index in [1.807, 2.05) is 31.2 Å². The highest BCUT2D eigenvalue weighted by molar-refractivity contribution is 5.98. The number of hydrogen-bond donors (Lipinski definition) is 2. The van der Waals surface area contributed by atoms with Crippen LogP contribution in [0.1, 0.15) is 39.5 Å². The van der Waals surface area contributed by atoms with E-state index in [1.165, 1.54) is 7.05 Å². The molecule has 1 unspecified atom stereocenters. The van der Waals surface area contributed by atoms with E-state index in [-0.39, 0.29) is 29.6 Å². The number of fused-ring (bicyclic) bond motifs is 1. The molecule has 0 radical (unpaired) electrons. The molecule has 8 heteroatoms. The van der Waals surface area contributed by atoms with Crippen molar-refractivity contribution < 1.29 is 19.1 Å². The molecule has 2 heterocycles. The number of nitrogens with zero attached hydrogens (tertiary/aromatic N) is 2. The molecular formula is C20H24N4O4. The number of methoxy groups -OCH3 is 1. The summed E-state index contributed by atoms with van der Waals surface area (Å²) in [4.78, 5) is 25.1. The van der Waals surface area contributed by atoms with E-state index >= 15 is 0 Å². The molecule has 148 valence electrons. The summed E-state index contributed by atoms with van der Waals surface area (Å²) in [5, 5.41) is 10.0. The normalized spacial score (nSPS) is 23.6. The maximum absolute atomic E-state index is 13.0. The SMILES string of the molecule is CNC(=O)c1cc(C(=O)NC2[C@H]3COC[C@@H]23)n([C@@H](C)c2cccc(OC)c2)n1. The summed E-state index contributed by atoms with van der Waals surface area (Å²) >= 11 is 0. The second-order valence-electron chi connectivity index (χ2n) is 7.26. The number of ether oxygens (including phenoxy) is 2. The fourth-order valence-corrected chi connectivity index (χ4v) is 3.82. The summed E-state index contributed by atoms with van der Waals surface area (Å²) in [5.74, 6) is 0.961. The summed E-state index contributed by atoms with van der Waals surface area (Å²) < 4.78 is 12.3. The number of rotatable bonds is 6. The second kappa shape index (κ2) is 7.27. The van der Waals surface area contributed by atoms with Crippen molar-refractivity contribution in [3.8, 4) is 5.75 Å². The zero-order chi connectivity index (χ0) is 19.8. The molecule has 4 rings (SSSR count). The summed E-state index contributed by atoms with van der Waals surface area (Å²) in [7, 11) is 3.15. The van der Waals surface area contributed by atoms with Crippen LogP contribution in [0.15, 0.2) is 30.3 Å². The Bertz CT molecular complexity index is 899. The predicted molar refractivity (Wildman–Crippen MR) is 101 cm³/mol. The molecule has 8 nitrogen and oxygen atoms in total. The summed E-state index contributed by atoms with van der Waals surface area (Å²) in [5.41, 5.74) is 1.50. The van der Waals surface area contributed by atoms with Gasteiger partial charge in [-0.2, -0.15) is 5.10 Å². The Hall–Kier alpha value is -2.87. The molecule has 2 aromatic rings. The van der Waals surface area contributed by atoms with Gasteiger partial charge in [-0.05, 0) is 24.6 Å². The summed E-state index contributed by atoms with van der Waals surface area (Å²) in [6.45, 7) is 3.32. The van der Waals surface area contributed by atoms with Gasteiger partial charge in [0.05, 0.1) is 26.4 Å². The molecular weight excluding hydrogens is 360 g/mol. The highest BCUT2D eigenvalue weighted by Crippen LogP contribution is 2.44. The lowest BCUT2D eigenvalue weighted by Gasteiger charge is -2.17. The molecule has 4 atom stereocenters. The number of benzene rings is 1. The van der Waals surface area contributed by atoms with Crippen molar-refractivity contribution >= 4 is 11.8 Å². The van der Waals surface area contributed by atoms with Gasteiger partial charge in [0.15, 0.2) is 5.69 Å². The first kappa shape index (κ1) is 18.5. The first-order chi connectivity index (χ1) is 13.5. The van der Waals surface area contributed by atoms with Gasteiger partial charge in [-0.1, -0.05) is 12.1 Å². The lowest BCUT2D eigenvalue weighted by Crippen LogP contribution is -2.32. The maximum atomic E-state index is 13.0. The summed E-state index contributed by atoms with van der Waals surface area (Å²) in [6, 6.07) is 9.01. The predicted octanol–water partition coefficient (Wildman–Crippen LogP) is 1.24. The third-order valence-electron chi connectivity index (χ3n) is 5.62. The quantitative estimate of drug-likeness (QED) is 0.781. The van der Waals surface area contributed by atoms with Gasteiger partial charge in [0.25, 0.3) is 11.8 Å². The monoisotopic (exact) mass is 384 g/mol. The van der Waals surface area contributed by atoms with Gasteiger partial charge in [-0.3, -0.25) is 14.3 Å². The van der Waals surface area contributed by atoms with Crippen LogP contribution < -0.4 is 15.4 Å².